The van der Waals surface area contributed by atoms with E-state index in [0.717, 1.165) is 0 Å². The van der Waals surface area contributed by atoms with Crippen LogP contribution in [0.5, 0.6) is 5.75 Å². The monoisotopic (exact) mass is 439 g/mol. The summed E-state index contributed by atoms with van der Waals surface area (Å²) in [6.07, 6.45) is 1.95. The Kier molecular flexibility index (Phi) is 6.72. The Hall–Kier alpha value is -3.95. The Morgan fingerprint density at radius 3 is 2.53 bits per heavy atom. The first-order valence-corrected chi connectivity index (χ1v) is 10.2. The summed E-state index contributed by atoms with van der Waals surface area (Å²) in [4.78, 5) is 56.8. The van der Waals surface area contributed by atoms with Gasteiger partial charge in [-0.3, -0.25) is 19.2 Å². The van der Waals surface area contributed by atoms with Gasteiger partial charge in [0.25, 0.3) is 5.56 Å². The summed E-state index contributed by atoms with van der Waals surface area (Å²) in [5, 5.41) is 2.91. The van der Waals surface area contributed by atoms with Crippen molar-refractivity contribution in [3.8, 4) is 5.75 Å². The van der Waals surface area contributed by atoms with Crippen molar-refractivity contribution in [2.24, 2.45) is 0 Å². The number of nitrogens with one attached hydrogen (secondary N) is 2. The van der Waals surface area contributed by atoms with Gasteiger partial charge in [0.05, 0.1) is 10.9 Å². The van der Waals surface area contributed by atoms with Crippen LogP contribution in [0.15, 0.2) is 46.1 Å². The predicted molar refractivity (Wildman–Crippen MR) is 120 cm³/mol. The van der Waals surface area contributed by atoms with Crippen LogP contribution in [-0.4, -0.2) is 39.6 Å². The largest absolute Gasteiger partial charge is 0.423 e. The minimum Gasteiger partial charge on any atom is -0.423 e. The number of urea groups is 1. The minimum atomic E-state index is -0.703. The number of hydrogen-bond donors (Lipinski definition) is 2. The average Bonchev–Trinajstić information content (AvgIpc) is 2.75. The lowest BCUT2D eigenvalue weighted by molar-refractivity contribution is 0.0734. The summed E-state index contributed by atoms with van der Waals surface area (Å²) in [5.74, 6) is -0.438. The van der Waals surface area contributed by atoms with E-state index in [0.29, 0.717) is 18.7 Å². The number of hydrogen-bond acceptors (Lipinski definition) is 6. The van der Waals surface area contributed by atoms with Crippen molar-refractivity contribution < 1.29 is 14.3 Å². The zero-order valence-corrected chi connectivity index (χ0v) is 18.3. The number of aromatic amines is 1. The van der Waals surface area contributed by atoms with E-state index in [2.05, 4.69) is 15.3 Å². The average molecular weight is 439 g/mol. The number of carbonyl (C=O) groups excluding carboxylic acids is 2. The standard InChI is InChI=1S/C22H25N5O5/c1-5-10-27-18-17(19(28)25-22(27)31)11-14(12-23-18)20(29)32-16-8-6-15(7-9-16)26(4)21(30)24-13(2)3/h6-9,11-13H,5,10H2,1-4H3,(H,24,30)(H,25,28,31). The van der Waals surface area contributed by atoms with E-state index in [9.17, 15) is 19.2 Å². The number of H-pyrrole nitrogens is 1. The third kappa shape index (κ3) is 4.85. The molecule has 1 aromatic carbocycles. The van der Waals surface area contributed by atoms with Gasteiger partial charge < -0.3 is 10.1 Å². The number of rotatable bonds is 6. The molecule has 0 aliphatic carbocycles. The number of esters is 1. The highest BCUT2D eigenvalue weighted by Crippen LogP contribution is 2.20. The van der Waals surface area contributed by atoms with Crippen LogP contribution in [0.2, 0.25) is 0 Å². The quantitative estimate of drug-likeness (QED) is 0.448. The molecule has 3 rings (SSSR count). The summed E-state index contributed by atoms with van der Waals surface area (Å²) >= 11 is 0. The second-order valence-corrected chi connectivity index (χ2v) is 7.55. The predicted octanol–water partition coefficient (Wildman–Crippen LogP) is 2.27. The van der Waals surface area contributed by atoms with E-state index in [1.54, 1.807) is 31.3 Å². The van der Waals surface area contributed by atoms with Crippen molar-refractivity contribution in [2.75, 3.05) is 11.9 Å². The fraction of sp³-hybridized carbons (Fsp3) is 0.318. The molecular weight excluding hydrogens is 414 g/mol. The van der Waals surface area contributed by atoms with E-state index in [1.807, 2.05) is 20.8 Å². The zero-order chi connectivity index (χ0) is 23.4. The number of anilines is 1. The highest BCUT2D eigenvalue weighted by molar-refractivity contribution is 5.94. The number of nitrogens with zero attached hydrogens (tertiary/aromatic N) is 3. The van der Waals surface area contributed by atoms with Crippen molar-refractivity contribution >= 4 is 28.7 Å². The van der Waals surface area contributed by atoms with E-state index in [4.69, 9.17) is 4.74 Å². The fourth-order valence-electron chi connectivity index (χ4n) is 3.08. The van der Waals surface area contributed by atoms with Crippen LogP contribution in [0.3, 0.4) is 0 Å². The van der Waals surface area contributed by atoms with Gasteiger partial charge in [0.1, 0.15) is 11.4 Å². The van der Waals surface area contributed by atoms with Gasteiger partial charge >= 0.3 is 17.7 Å². The van der Waals surface area contributed by atoms with E-state index >= 15 is 0 Å². The molecule has 0 spiro atoms. The van der Waals surface area contributed by atoms with Gasteiger partial charge in [0.15, 0.2) is 0 Å². The van der Waals surface area contributed by atoms with Gasteiger partial charge in [0, 0.05) is 31.5 Å². The maximum Gasteiger partial charge on any atom is 0.345 e. The molecule has 10 heteroatoms. The Morgan fingerprint density at radius 2 is 1.91 bits per heavy atom. The summed E-state index contributed by atoms with van der Waals surface area (Å²) in [6.45, 7) is 6.02. The van der Waals surface area contributed by atoms with E-state index in [1.165, 1.54) is 21.7 Å². The smallest absolute Gasteiger partial charge is 0.345 e. The molecule has 2 amide bonds. The van der Waals surface area contributed by atoms with Gasteiger partial charge in [-0.1, -0.05) is 6.92 Å². The summed E-state index contributed by atoms with van der Waals surface area (Å²) in [5.41, 5.74) is -0.256. The molecule has 0 radical (unpaired) electrons. The van der Waals surface area contributed by atoms with Crippen LogP contribution in [0.4, 0.5) is 10.5 Å². The Labute approximate surface area is 183 Å². The van der Waals surface area contributed by atoms with E-state index < -0.39 is 17.2 Å². The maximum absolute atomic E-state index is 12.6. The molecule has 3 aromatic rings. The van der Waals surface area contributed by atoms with Gasteiger partial charge in [0.2, 0.25) is 0 Å². The van der Waals surface area contributed by atoms with Crippen molar-refractivity contribution in [1.82, 2.24) is 19.9 Å². The SMILES string of the molecule is CCCn1c(=O)[nH]c(=O)c2cc(C(=O)Oc3ccc(N(C)C(=O)NC(C)C)cc3)cnc21. The lowest BCUT2D eigenvalue weighted by Gasteiger charge is -2.20. The van der Waals surface area contributed by atoms with Crippen LogP contribution < -0.4 is 26.2 Å². The van der Waals surface area contributed by atoms with Crippen molar-refractivity contribution in [3.05, 3.63) is 62.9 Å². The molecule has 0 unspecified atom stereocenters. The van der Waals surface area contributed by atoms with Crippen LogP contribution in [0, 0.1) is 0 Å². The Bertz CT molecular complexity index is 1260. The van der Waals surface area contributed by atoms with Gasteiger partial charge in [-0.2, -0.15) is 0 Å². The lowest BCUT2D eigenvalue weighted by Crippen LogP contribution is -2.40. The number of carbonyl (C=O) groups is 2. The molecule has 0 saturated heterocycles. The second kappa shape index (κ2) is 9.46. The van der Waals surface area contributed by atoms with Crippen LogP contribution in [-0.2, 0) is 6.54 Å². The topological polar surface area (TPSA) is 126 Å². The number of pyridine rings is 1. The highest BCUT2D eigenvalue weighted by atomic mass is 16.5. The molecule has 0 atom stereocenters. The maximum atomic E-state index is 12.6. The van der Waals surface area contributed by atoms with Crippen molar-refractivity contribution in [2.45, 2.75) is 39.8 Å². The number of ether oxygens (including phenoxy) is 1. The summed E-state index contributed by atoms with van der Waals surface area (Å²) in [7, 11) is 1.63. The number of aryl methyl sites for hydroxylation is 1. The molecule has 0 fully saturated rings. The molecular formula is C22H25N5O5. The lowest BCUT2D eigenvalue weighted by atomic mass is 10.2. The molecule has 2 N–H and O–H groups in total. The number of amides is 2. The minimum absolute atomic E-state index is 0.00431. The normalized spacial score (nSPS) is 10.9. The second-order valence-electron chi connectivity index (χ2n) is 7.55. The molecule has 0 aliphatic heterocycles. The van der Waals surface area contributed by atoms with Crippen LogP contribution in [0.25, 0.3) is 11.0 Å². The molecule has 2 heterocycles. The summed E-state index contributed by atoms with van der Waals surface area (Å²) in [6, 6.07) is 7.53. The zero-order valence-electron chi connectivity index (χ0n) is 18.3. The number of fused-ring (bicyclic) bond motifs is 1. The van der Waals surface area contributed by atoms with Crippen molar-refractivity contribution in [3.63, 3.8) is 0 Å². The molecule has 10 nitrogen and oxygen atoms in total. The summed E-state index contributed by atoms with van der Waals surface area (Å²) < 4.78 is 6.73. The molecule has 168 valence electrons. The molecule has 0 aliphatic rings. The van der Waals surface area contributed by atoms with Crippen molar-refractivity contribution in [1.29, 1.82) is 0 Å². The number of aromatic nitrogens is 3. The molecule has 0 saturated carbocycles. The first-order chi connectivity index (χ1) is 15.2. The van der Waals surface area contributed by atoms with Crippen LogP contribution in [0.1, 0.15) is 37.6 Å². The van der Waals surface area contributed by atoms with E-state index in [-0.39, 0.29) is 34.4 Å². The third-order valence-corrected chi connectivity index (χ3v) is 4.67. The molecule has 32 heavy (non-hydrogen) atoms. The third-order valence-electron chi connectivity index (χ3n) is 4.67. The van der Waals surface area contributed by atoms with Crippen LogP contribution >= 0.6 is 0 Å². The number of benzene rings is 1. The fourth-order valence-corrected chi connectivity index (χ4v) is 3.08. The first kappa shape index (κ1) is 22.7. The van der Waals surface area contributed by atoms with Gasteiger partial charge in [-0.15, -0.1) is 0 Å². The van der Waals surface area contributed by atoms with Gasteiger partial charge in [-0.05, 0) is 50.6 Å². The Morgan fingerprint density at radius 1 is 1.22 bits per heavy atom. The Balaban J connectivity index is 1.80. The highest BCUT2D eigenvalue weighted by Gasteiger charge is 2.16. The molecule has 2 aromatic heterocycles. The first-order valence-electron chi connectivity index (χ1n) is 10.2. The molecule has 0 bridgehead atoms. The van der Waals surface area contributed by atoms with Gasteiger partial charge in [-0.25, -0.2) is 19.4 Å².